The lowest BCUT2D eigenvalue weighted by atomic mass is 10.0. The molecular formula is C16H17N5O8S2. The fraction of sp³-hybridized carbons (Fsp3) is 0.375. The van der Waals surface area contributed by atoms with E-state index in [-0.39, 0.29) is 28.8 Å². The highest BCUT2D eigenvalue weighted by molar-refractivity contribution is 8.00. The molecule has 5 N–H and O–H groups in total. The average molecular weight is 471 g/mol. The lowest BCUT2D eigenvalue weighted by Crippen LogP contribution is -2.71. The van der Waals surface area contributed by atoms with Crippen LogP contribution in [0.25, 0.3) is 0 Å². The van der Waals surface area contributed by atoms with Gasteiger partial charge < -0.3 is 30.8 Å². The molecule has 15 heteroatoms. The predicted octanol–water partition coefficient (Wildman–Crippen LogP) is -1.08. The highest BCUT2D eigenvalue weighted by Crippen LogP contribution is 2.40. The fourth-order valence-corrected chi connectivity index (χ4v) is 4.81. The third-order valence-electron chi connectivity index (χ3n) is 4.18. The number of nitrogens with two attached hydrogens (primary N) is 1. The van der Waals surface area contributed by atoms with Crippen LogP contribution in [0.1, 0.15) is 5.69 Å². The van der Waals surface area contributed by atoms with Crippen LogP contribution in [0.3, 0.4) is 0 Å². The van der Waals surface area contributed by atoms with Crippen molar-refractivity contribution in [2.75, 3.05) is 31.8 Å². The van der Waals surface area contributed by atoms with Crippen LogP contribution in [0, 0.1) is 0 Å². The van der Waals surface area contributed by atoms with E-state index < -0.39 is 41.8 Å². The van der Waals surface area contributed by atoms with Gasteiger partial charge in [-0.15, -0.1) is 23.1 Å². The van der Waals surface area contributed by atoms with Crippen molar-refractivity contribution in [1.29, 1.82) is 0 Å². The number of aliphatic carboxylic acids is 2. The van der Waals surface area contributed by atoms with E-state index in [2.05, 4.69) is 20.3 Å². The van der Waals surface area contributed by atoms with Crippen molar-refractivity contribution in [1.82, 2.24) is 15.2 Å². The molecule has 166 valence electrons. The molecular weight excluding hydrogens is 454 g/mol. The second kappa shape index (κ2) is 9.32. The first-order chi connectivity index (χ1) is 14.7. The molecule has 3 rings (SSSR count). The highest BCUT2D eigenvalue weighted by atomic mass is 32.2. The number of methoxy groups -OCH3 is 1. The lowest BCUT2D eigenvalue weighted by Gasteiger charge is -2.49. The minimum Gasteiger partial charge on any atom is -0.479 e. The van der Waals surface area contributed by atoms with E-state index in [1.54, 1.807) is 0 Å². The molecule has 2 atom stereocenters. The third kappa shape index (κ3) is 4.62. The first-order valence-corrected chi connectivity index (χ1v) is 10.5. The number of rotatable bonds is 9. The van der Waals surface area contributed by atoms with Gasteiger partial charge in [-0.2, -0.15) is 0 Å². The van der Waals surface area contributed by atoms with E-state index in [1.807, 2.05) is 0 Å². The molecule has 1 saturated heterocycles. The topological polar surface area (TPSA) is 194 Å². The van der Waals surface area contributed by atoms with Crippen LogP contribution >= 0.6 is 23.1 Å². The molecule has 1 aromatic rings. The number of ether oxygens (including phenoxy) is 1. The minimum absolute atomic E-state index is 0.0406. The molecule has 0 saturated carbocycles. The molecule has 0 spiro atoms. The van der Waals surface area contributed by atoms with Crippen LogP contribution < -0.4 is 11.1 Å². The smallest absolute Gasteiger partial charge is 0.352 e. The number of nitrogens with one attached hydrogen (secondary N) is 1. The van der Waals surface area contributed by atoms with Crippen molar-refractivity contribution in [3.05, 3.63) is 22.3 Å². The number of carboxylic acids is 2. The number of thioether (sulfide) groups is 1. The Hall–Kier alpha value is -3.17. The molecule has 0 aromatic carbocycles. The van der Waals surface area contributed by atoms with Crippen molar-refractivity contribution >= 4 is 57.7 Å². The van der Waals surface area contributed by atoms with E-state index in [0.29, 0.717) is 11.3 Å². The number of carboxylic acid groups (broad SMARTS) is 2. The van der Waals surface area contributed by atoms with E-state index in [1.165, 1.54) is 24.3 Å². The average Bonchev–Trinajstić information content (AvgIpc) is 3.14. The van der Waals surface area contributed by atoms with Gasteiger partial charge in [0, 0.05) is 18.2 Å². The largest absolute Gasteiger partial charge is 0.479 e. The zero-order valence-corrected chi connectivity index (χ0v) is 17.6. The van der Waals surface area contributed by atoms with E-state index in [0.717, 1.165) is 16.2 Å². The number of aromatic nitrogens is 1. The summed E-state index contributed by atoms with van der Waals surface area (Å²) in [6.07, 6.45) is 0. The summed E-state index contributed by atoms with van der Waals surface area (Å²) < 4.78 is 5.00. The number of anilines is 1. The molecule has 13 nitrogen and oxygen atoms in total. The Balaban J connectivity index is 1.78. The third-order valence-corrected chi connectivity index (χ3v) is 6.19. The van der Waals surface area contributed by atoms with Crippen LogP contribution in [0.5, 0.6) is 0 Å². The molecule has 31 heavy (non-hydrogen) atoms. The summed E-state index contributed by atoms with van der Waals surface area (Å²) in [6.45, 7) is -0.731. The van der Waals surface area contributed by atoms with Gasteiger partial charge in [0.25, 0.3) is 11.8 Å². The number of hydrogen-bond acceptors (Lipinski definition) is 11. The first kappa shape index (κ1) is 22.5. The summed E-state index contributed by atoms with van der Waals surface area (Å²) in [5, 5.41) is 25.1. The van der Waals surface area contributed by atoms with Gasteiger partial charge in [0.2, 0.25) is 6.61 Å². The Labute approximate surface area is 182 Å². The number of thiazole rings is 1. The normalized spacial score (nSPS) is 20.7. The molecule has 0 aliphatic carbocycles. The van der Waals surface area contributed by atoms with E-state index in [4.69, 9.17) is 15.6 Å². The first-order valence-electron chi connectivity index (χ1n) is 8.57. The molecule has 2 aliphatic rings. The molecule has 2 aliphatic heterocycles. The molecule has 1 aromatic heterocycles. The van der Waals surface area contributed by atoms with Crippen LogP contribution in [-0.4, -0.2) is 87.1 Å². The van der Waals surface area contributed by atoms with Gasteiger partial charge in [-0.05, 0) is 5.57 Å². The molecule has 1 unspecified atom stereocenters. The highest BCUT2D eigenvalue weighted by Gasteiger charge is 2.54. The van der Waals surface area contributed by atoms with Gasteiger partial charge in [0.1, 0.15) is 22.8 Å². The monoisotopic (exact) mass is 471 g/mol. The van der Waals surface area contributed by atoms with Crippen LogP contribution in [0.15, 0.2) is 21.8 Å². The Morgan fingerprint density at radius 1 is 1.42 bits per heavy atom. The molecule has 0 bridgehead atoms. The minimum atomic E-state index is -1.30. The summed E-state index contributed by atoms with van der Waals surface area (Å²) >= 11 is 2.30. The fourth-order valence-electron chi connectivity index (χ4n) is 2.93. The Morgan fingerprint density at radius 3 is 2.74 bits per heavy atom. The van der Waals surface area contributed by atoms with Crippen LogP contribution in [0.2, 0.25) is 0 Å². The maximum absolute atomic E-state index is 12.8. The Morgan fingerprint density at radius 2 is 2.16 bits per heavy atom. The predicted molar refractivity (Wildman–Crippen MR) is 108 cm³/mol. The zero-order valence-electron chi connectivity index (χ0n) is 15.9. The lowest BCUT2D eigenvalue weighted by molar-refractivity contribution is -0.150. The second-order valence-electron chi connectivity index (χ2n) is 6.23. The van der Waals surface area contributed by atoms with Gasteiger partial charge in [-0.3, -0.25) is 14.5 Å². The van der Waals surface area contributed by atoms with Crippen molar-refractivity contribution < 1.29 is 39.0 Å². The van der Waals surface area contributed by atoms with Crippen LogP contribution in [0.4, 0.5) is 5.13 Å². The van der Waals surface area contributed by atoms with Gasteiger partial charge in [-0.1, -0.05) is 5.16 Å². The van der Waals surface area contributed by atoms with E-state index in [9.17, 15) is 24.3 Å². The van der Waals surface area contributed by atoms with Crippen molar-refractivity contribution in [3.63, 3.8) is 0 Å². The van der Waals surface area contributed by atoms with Crippen LogP contribution in [-0.2, 0) is 28.8 Å². The summed E-state index contributed by atoms with van der Waals surface area (Å²) in [5.74, 6) is -3.72. The zero-order chi connectivity index (χ0) is 22.7. The number of oxime groups is 1. The van der Waals surface area contributed by atoms with Gasteiger partial charge in [0.15, 0.2) is 10.8 Å². The number of carbonyl (C=O) groups excluding carboxylic acids is 2. The Bertz CT molecular complexity index is 990. The molecule has 0 radical (unpaired) electrons. The number of nitrogen functional groups attached to an aromatic ring is 1. The van der Waals surface area contributed by atoms with Gasteiger partial charge >= 0.3 is 11.9 Å². The molecule has 2 amide bonds. The maximum atomic E-state index is 12.8. The molecule has 3 heterocycles. The summed E-state index contributed by atoms with van der Waals surface area (Å²) in [7, 11) is 1.42. The molecule has 1 fully saturated rings. The van der Waals surface area contributed by atoms with E-state index >= 15 is 0 Å². The summed E-state index contributed by atoms with van der Waals surface area (Å²) in [6, 6.07) is -1.02. The number of carbonyl (C=O) groups is 4. The number of β-lactam (4-membered cyclic amide) rings is 1. The number of nitrogens with zero attached hydrogens (tertiary/aromatic N) is 3. The van der Waals surface area contributed by atoms with Gasteiger partial charge in [0.05, 0.1) is 6.61 Å². The maximum Gasteiger partial charge on any atom is 0.352 e. The van der Waals surface area contributed by atoms with Crippen molar-refractivity contribution in [3.8, 4) is 0 Å². The Kier molecular flexibility index (Phi) is 6.77. The summed E-state index contributed by atoms with van der Waals surface area (Å²) in [5.41, 5.74) is 5.54. The second-order valence-corrected chi connectivity index (χ2v) is 8.22. The number of hydrogen-bond donors (Lipinski definition) is 4. The number of amides is 2. The van der Waals surface area contributed by atoms with Crippen molar-refractivity contribution in [2.24, 2.45) is 5.16 Å². The summed E-state index contributed by atoms with van der Waals surface area (Å²) in [4.78, 5) is 57.4. The quantitative estimate of drug-likeness (QED) is 0.194. The SMILES string of the molecule is COCC1=C(C(=O)O)N2C(=O)C(NC(=O)C(=NOCC(=O)O)c3csc(N)n3)[C@H]2SC1. The number of fused-ring (bicyclic) bond motifs is 1. The standard InChI is InChI=1S/C16H17N5O8S2/c1-28-2-6-4-30-14-10(13(25)21(14)11(6)15(26)27)19-12(24)9(20-29-3-8(22)23)7-5-31-16(17)18-7/h5,10,14H,2-4H2,1H3,(H2,17,18)(H,19,24)(H,22,23)(H,26,27)/t10?,14-/m1/s1. The van der Waals surface area contributed by atoms with Crippen molar-refractivity contribution in [2.45, 2.75) is 11.4 Å². The van der Waals surface area contributed by atoms with Gasteiger partial charge in [-0.25, -0.2) is 14.6 Å².